The van der Waals surface area contributed by atoms with Crippen LogP contribution in [0, 0.1) is 0 Å². The van der Waals surface area contributed by atoms with Crippen molar-refractivity contribution in [2.75, 3.05) is 0 Å². The van der Waals surface area contributed by atoms with Gasteiger partial charge >= 0.3 is 0 Å². The van der Waals surface area contributed by atoms with Gasteiger partial charge in [0.1, 0.15) is 16.1 Å². The van der Waals surface area contributed by atoms with Crippen molar-refractivity contribution in [2.45, 2.75) is 32.9 Å². The average Bonchev–Trinajstić information content (AvgIpc) is 3.35. The maximum atomic E-state index is 12.4. The van der Waals surface area contributed by atoms with Gasteiger partial charge in [-0.2, -0.15) is 5.10 Å². The first-order valence-corrected chi connectivity index (χ1v) is 9.33. The lowest BCUT2D eigenvalue weighted by atomic mass is 10.1. The normalized spacial score (nSPS) is 11.9. The lowest BCUT2D eigenvalue weighted by Crippen LogP contribution is -2.24. The van der Waals surface area contributed by atoms with Gasteiger partial charge in [-0.15, -0.1) is 10.2 Å². The van der Waals surface area contributed by atoms with Crippen LogP contribution in [-0.2, 0) is 17.8 Å². The molecule has 27 heavy (non-hydrogen) atoms. The van der Waals surface area contributed by atoms with Gasteiger partial charge in [-0.25, -0.2) is 0 Å². The SMILES string of the molecule is CCc1nnc(CNC(=O)c2cccc(-c3cnn([C@H](C)C(N)=O)c3)c2)s1. The van der Waals surface area contributed by atoms with E-state index >= 15 is 0 Å². The number of nitrogens with two attached hydrogens (primary N) is 1. The number of nitrogens with zero attached hydrogens (tertiary/aromatic N) is 4. The van der Waals surface area contributed by atoms with Crippen LogP contribution in [0.25, 0.3) is 11.1 Å². The molecule has 3 N–H and O–H groups in total. The molecule has 3 rings (SSSR count). The fourth-order valence-corrected chi connectivity index (χ4v) is 3.15. The van der Waals surface area contributed by atoms with E-state index in [-0.39, 0.29) is 5.91 Å². The number of rotatable bonds is 7. The van der Waals surface area contributed by atoms with Crippen molar-refractivity contribution in [1.82, 2.24) is 25.3 Å². The quantitative estimate of drug-likeness (QED) is 0.646. The third-order valence-electron chi connectivity index (χ3n) is 4.08. The predicted octanol–water partition coefficient (Wildman–Crippen LogP) is 1.94. The average molecular weight is 384 g/mol. The van der Waals surface area contributed by atoms with Gasteiger partial charge in [0.25, 0.3) is 5.91 Å². The summed E-state index contributed by atoms with van der Waals surface area (Å²) in [6.07, 6.45) is 4.21. The van der Waals surface area contributed by atoms with Crippen molar-refractivity contribution in [3.05, 3.63) is 52.2 Å². The largest absolute Gasteiger partial charge is 0.368 e. The highest BCUT2D eigenvalue weighted by atomic mass is 32.1. The van der Waals surface area contributed by atoms with Gasteiger partial charge in [-0.05, 0) is 31.0 Å². The van der Waals surface area contributed by atoms with E-state index in [0.29, 0.717) is 12.1 Å². The van der Waals surface area contributed by atoms with Crippen LogP contribution in [0.1, 0.15) is 40.3 Å². The number of hydrogen-bond donors (Lipinski definition) is 2. The van der Waals surface area contributed by atoms with Crippen molar-refractivity contribution in [2.24, 2.45) is 5.73 Å². The molecule has 0 saturated heterocycles. The molecule has 9 heteroatoms. The molecule has 0 unspecified atom stereocenters. The lowest BCUT2D eigenvalue weighted by molar-refractivity contribution is -0.120. The Morgan fingerprint density at radius 3 is 2.74 bits per heavy atom. The van der Waals surface area contributed by atoms with Crippen LogP contribution in [0.4, 0.5) is 0 Å². The minimum absolute atomic E-state index is 0.192. The maximum Gasteiger partial charge on any atom is 0.251 e. The third-order valence-corrected chi connectivity index (χ3v) is 5.15. The van der Waals surface area contributed by atoms with Crippen LogP contribution in [-0.4, -0.2) is 31.8 Å². The van der Waals surface area contributed by atoms with E-state index in [9.17, 15) is 9.59 Å². The molecule has 140 valence electrons. The molecule has 1 atom stereocenters. The van der Waals surface area contributed by atoms with Crippen molar-refractivity contribution in [3.8, 4) is 11.1 Å². The lowest BCUT2D eigenvalue weighted by Gasteiger charge is -2.07. The summed E-state index contributed by atoms with van der Waals surface area (Å²) in [7, 11) is 0. The molecule has 2 heterocycles. The van der Waals surface area contributed by atoms with E-state index in [1.807, 2.05) is 13.0 Å². The van der Waals surface area contributed by atoms with Gasteiger partial charge in [0.05, 0.1) is 12.7 Å². The van der Waals surface area contributed by atoms with Gasteiger partial charge in [-0.3, -0.25) is 14.3 Å². The monoisotopic (exact) mass is 384 g/mol. The molecule has 2 amide bonds. The van der Waals surface area contributed by atoms with E-state index in [1.54, 1.807) is 37.5 Å². The zero-order valence-electron chi connectivity index (χ0n) is 15.0. The second-order valence-corrected chi connectivity index (χ2v) is 7.14. The van der Waals surface area contributed by atoms with Gasteiger partial charge in [0.2, 0.25) is 5.91 Å². The van der Waals surface area contributed by atoms with Gasteiger partial charge in [0.15, 0.2) is 0 Å². The number of amides is 2. The summed E-state index contributed by atoms with van der Waals surface area (Å²) < 4.78 is 1.51. The predicted molar refractivity (Wildman–Crippen MR) is 102 cm³/mol. The number of carbonyl (C=O) groups is 2. The Hall–Kier alpha value is -3.07. The molecule has 0 radical (unpaired) electrons. The molecule has 0 bridgehead atoms. The number of carbonyl (C=O) groups excluding carboxylic acids is 2. The minimum atomic E-state index is -0.537. The molecule has 0 aliphatic heterocycles. The second-order valence-electron chi connectivity index (χ2n) is 5.99. The summed E-state index contributed by atoms with van der Waals surface area (Å²) in [5.41, 5.74) is 7.47. The number of aryl methyl sites for hydroxylation is 1. The van der Waals surface area contributed by atoms with Crippen LogP contribution < -0.4 is 11.1 Å². The third kappa shape index (κ3) is 4.37. The standard InChI is InChI=1S/C18H20N6O2S/c1-3-15-22-23-16(27-15)9-20-18(26)13-6-4-5-12(7-13)14-8-21-24(10-14)11(2)17(19)25/h4-8,10-11H,3,9H2,1-2H3,(H2,19,25)(H,20,26)/t11-/m1/s1. The van der Waals surface area contributed by atoms with E-state index < -0.39 is 11.9 Å². The highest BCUT2D eigenvalue weighted by Gasteiger charge is 2.14. The fraction of sp³-hybridized carbons (Fsp3) is 0.278. The zero-order chi connectivity index (χ0) is 19.4. The molecule has 0 spiro atoms. The molecule has 0 aliphatic carbocycles. The summed E-state index contributed by atoms with van der Waals surface area (Å²) >= 11 is 1.49. The first-order valence-electron chi connectivity index (χ1n) is 8.51. The number of primary amides is 1. The highest BCUT2D eigenvalue weighted by Crippen LogP contribution is 2.21. The molecule has 8 nitrogen and oxygen atoms in total. The van der Waals surface area contributed by atoms with Crippen LogP contribution in [0.3, 0.4) is 0 Å². The highest BCUT2D eigenvalue weighted by molar-refractivity contribution is 7.11. The van der Waals surface area contributed by atoms with Crippen LogP contribution in [0.15, 0.2) is 36.7 Å². The van der Waals surface area contributed by atoms with Crippen molar-refractivity contribution in [3.63, 3.8) is 0 Å². The Morgan fingerprint density at radius 1 is 1.26 bits per heavy atom. The molecule has 2 aromatic heterocycles. The Kier molecular flexibility index (Phi) is 5.60. The molecule has 3 aromatic rings. The number of benzene rings is 1. The van der Waals surface area contributed by atoms with Crippen LogP contribution >= 0.6 is 11.3 Å². The molecule has 0 fully saturated rings. The van der Waals surface area contributed by atoms with Crippen molar-refractivity contribution < 1.29 is 9.59 Å². The summed E-state index contributed by atoms with van der Waals surface area (Å²) in [4.78, 5) is 23.7. The maximum absolute atomic E-state index is 12.4. The van der Waals surface area contributed by atoms with Crippen LogP contribution in [0.5, 0.6) is 0 Å². The summed E-state index contributed by atoms with van der Waals surface area (Å²) in [5, 5.41) is 16.9. The molecular formula is C18H20N6O2S. The van der Waals surface area contributed by atoms with Crippen molar-refractivity contribution >= 4 is 23.2 Å². The zero-order valence-corrected chi connectivity index (χ0v) is 15.9. The topological polar surface area (TPSA) is 116 Å². The summed E-state index contributed by atoms with van der Waals surface area (Å²) in [5.74, 6) is -0.649. The minimum Gasteiger partial charge on any atom is -0.368 e. The first kappa shape index (κ1) is 18.7. The molecule has 1 aromatic carbocycles. The fourth-order valence-electron chi connectivity index (χ4n) is 2.43. The van der Waals surface area contributed by atoms with Gasteiger partial charge < -0.3 is 11.1 Å². The van der Waals surface area contributed by atoms with E-state index in [1.165, 1.54) is 16.0 Å². The second kappa shape index (κ2) is 8.09. The van der Waals surface area contributed by atoms with Crippen LogP contribution in [0.2, 0.25) is 0 Å². The molecular weight excluding hydrogens is 364 g/mol. The number of hydrogen-bond acceptors (Lipinski definition) is 6. The molecule has 0 saturated carbocycles. The van der Waals surface area contributed by atoms with E-state index in [2.05, 4.69) is 20.6 Å². The molecule has 0 aliphatic rings. The first-order chi connectivity index (χ1) is 13.0. The summed E-state index contributed by atoms with van der Waals surface area (Å²) in [6, 6.07) is 6.67. The van der Waals surface area contributed by atoms with Gasteiger partial charge in [-0.1, -0.05) is 30.4 Å². The van der Waals surface area contributed by atoms with Crippen molar-refractivity contribution in [1.29, 1.82) is 0 Å². The number of nitrogens with one attached hydrogen (secondary N) is 1. The number of aromatic nitrogens is 4. The Morgan fingerprint density at radius 2 is 2.04 bits per heavy atom. The smallest absolute Gasteiger partial charge is 0.251 e. The van der Waals surface area contributed by atoms with Gasteiger partial charge in [0, 0.05) is 17.3 Å². The van der Waals surface area contributed by atoms with E-state index in [0.717, 1.165) is 27.6 Å². The Labute approximate surface area is 160 Å². The Balaban J connectivity index is 1.71. The Bertz CT molecular complexity index is 964. The van der Waals surface area contributed by atoms with E-state index in [4.69, 9.17) is 5.73 Å². The summed E-state index contributed by atoms with van der Waals surface area (Å²) in [6.45, 7) is 4.04.